The molecule has 0 spiro atoms. The van der Waals surface area contributed by atoms with Gasteiger partial charge in [0.15, 0.2) is 5.82 Å². The summed E-state index contributed by atoms with van der Waals surface area (Å²) in [6.07, 6.45) is 2.54. The van der Waals surface area contributed by atoms with Gasteiger partial charge in [-0.3, -0.25) is 0 Å². The lowest BCUT2D eigenvalue weighted by molar-refractivity contribution is 0.894. The van der Waals surface area contributed by atoms with E-state index in [9.17, 15) is 0 Å². The normalized spacial score (nSPS) is 19.0. The van der Waals surface area contributed by atoms with Gasteiger partial charge in [-0.1, -0.05) is 60.7 Å². The molecule has 3 heterocycles. The molecule has 0 amide bonds. The summed E-state index contributed by atoms with van der Waals surface area (Å²) in [6, 6.07) is 21.5. The minimum Gasteiger partial charge on any atom is -0.308 e. The number of benzene rings is 2. The summed E-state index contributed by atoms with van der Waals surface area (Å²) < 4.78 is 0. The number of aromatic nitrogens is 2. The van der Waals surface area contributed by atoms with Crippen molar-refractivity contribution in [3.8, 4) is 0 Å². The smallest absolute Gasteiger partial charge is 0.152 e. The number of thioether (sulfide) groups is 1. The quantitative estimate of drug-likeness (QED) is 0.376. The van der Waals surface area contributed by atoms with Gasteiger partial charge in [-0.15, -0.1) is 23.1 Å². The molecule has 0 saturated carbocycles. The van der Waals surface area contributed by atoms with Crippen LogP contribution in [0.2, 0.25) is 0 Å². The number of hydrazine groups is 1. The van der Waals surface area contributed by atoms with Gasteiger partial charge in [0.25, 0.3) is 0 Å². The Kier molecular flexibility index (Phi) is 4.32. The lowest BCUT2D eigenvalue weighted by Gasteiger charge is -2.30. The number of anilines is 1. The molecule has 1 aliphatic heterocycles. The zero-order valence-electron chi connectivity index (χ0n) is 14.5. The molecule has 4 nitrogen and oxygen atoms in total. The Morgan fingerprint density at radius 2 is 1.63 bits per heavy atom. The SMILES string of the molecule is NNc1ncnc2sc3c(c12)C[C@H](c1ccccc1)S[C@@H]3c1ccccc1. The molecule has 6 heteroatoms. The van der Waals surface area contributed by atoms with Gasteiger partial charge in [-0.05, 0) is 23.1 Å². The molecule has 2 atom stereocenters. The summed E-state index contributed by atoms with van der Waals surface area (Å²) in [7, 11) is 0. The number of nitrogens with one attached hydrogen (secondary N) is 1. The number of hydrogen-bond donors (Lipinski definition) is 2. The van der Waals surface area contributed by atoms with Crippen molar-refractivity contribution in [2.24, 2.45) is 5.84 Å². The lowest BCUT2D eigenvalue weighted by atomic mass is 9.98. The van der Waals surface area contributed by atoms with Gasteiger partial charge in [-0.25, -0.2) is 15.8 Å². The van der Waals surface area contributed by atoms with E-state index in [2.05, 4.69) is 76.1 Å². The molecule has 0 radical (unpaired) electrons. The number of rotatable bonds is 3. The van der Waals surface area contributed by atoms with Crippen LogP contribution in [0.25, 0.3) is 10.2 Å². The number of hydrogen-bond acceptors (Lipinski definition) is 6. The first-order chi connectivity index (χ1) is 13.3. The van der Waals surface area contributed by atoms with Gasteiger partial charge < -0.3 is 5.43 Å². The second-order valence-electron chi connectivity index (χ2n) is 6.52. The maximum Gasteiger partial charge on any atom is 0.152 e. The van der Waals surface area contributed by atoms with Crippen molar-refractivity contribution in [3.63, 3.8) is 0 Å². The number of nitrogens with zero attached hydrogens (tertiary/aromatic N) is 2. The van der Waals surface area contributed by atoms with Gasteiger partial charge in [0.05, 0.1) is 10.6 Å². The molecule has 27 heavy (non-hydrogen) atoms. The molecular weight excluding hydrogens is 372 g/mol. The van der Waals surface area contributed by atoms with E-state index in [1.165, 1.54) is 21.6 Å². The van der Waals surface area contributed by atoms with Gasteiger partial charge in [0.2, 0.25) is 0 Å². The van der Waals surface area contributed by atoms with Crippen molar-refractivity contribution in [2.45, 2.75) is 16.9 Å². The fourth-order valence-electron chi connectivity index (χ4n) is 3.71. The average Bonchev–Trinajstić information content (AvgIpc) is 3.13. The molecule has 0 bridgehead atoms. The third kappa shape index (κ3) is 2.90. The molecule has 1 aliphatic rings. The average molecular weight is 391 g/mol. The monoisotopic (exact) mass is 390 g/mol. The van der Waals surface area contributed by atoms with E-state index in [0.717, 1.165) is 16.6 Å². The second-order valence-corrected chi connectivity index (χ2v) is 8.87. The van der Waals surface area contributed by atoms with Crippen LogP contribution in [0.4, 0.5) is 5.82 Å². The number of thiophene rings is 1. The van der Waals surface area contributed by atoms with Gasteiger partial charge in [0, 0.05) is 10.1 Å². The van der Waals surface area contributed by atoms with Crippen molar-refractivity contribution in [3.05, 3.63) is 88.6 Å². The van der Waals surface area contributed by atoms with Crippen LogP contribution < -0.4 is 11.3 Å². The summed E-state index contributed by atoms with van der Waals surface area (Å²) in [5.41, 5.74) is 6.77. The summed E-state index contributed by atoms with van der Waals surface area (Å²) >= 11 is 3.78. The largest absolute Gasteiger partial charge is 0.308 e. The predicted molar refractivity (Wildman–Crippen MR) is 114 cm³/mol. The van der Waals surface area contributed by atoms with Crippen LogP contribution in [0.3, 0.4) is 0 Å². The van der Waals surface area contributed by atoms with Gasteiger partial charge >= 0.3 is 0 Å². The highest BCUT2D eigenvalue weighted by Crippen LogP contribution is 2.55. The summed E-state index contributed by atoms with van der Waals surface area (Å²) in [4.78, 5) is 11.2. The molecule has 0 aliphatic carbocycles. The Hall–Kier alpha value is -2.41. The van der Waals surface area contributed by atoms with Crippen molar-refractivity contribution >= 4 is 39.1 Å². The minimum atomic E-state index is 0.282. The second kappa shape index (κ2) is 6.96. The molecule has 0 unspecified atom stereocenters. The minimum absolute atomic E-state index is 0.282. The Morgan fingerprint density at radius 1 is 0.926 bits per heavy atom. The zero-order valence-corrected chi connectivity index (χ0v) is 16.1. The summed E-state index contributed by atoms with van der Waals surface area (Å²) in [5.74, 6) is 6.47. The Bertz CT molecular complexity index is 1080. The van der Waals surface area contributed by atoms with Crippen molar-refractivity contribution in [2.75, 3.05) is 5.43 Å². The fourth-order valence-corrected chi connectivity index (χ4v) is 6.69. The van der Waals surface area contributed by atoms with E-state index in [0.29, 0.717) is 11.1 Å². The van der Waals surface area contributed by atoms with E-state index in [1.807, 2.05) is 11.8 Å². The van der Waals surface area contributed by atoms with Crippen molar-refractivity contribution in [1.82, 2.24) is 9.97 Å². The van der Waals surface area contributed by atoms with E-state index >= 15 is 0 Å². The van der Waals surface area contributed by atoms with Crippen LogP contribution in [0.1, 0.15) is 32.1 Å². The van der Waals surface area contributed by atoms with Crippen molar-refractivity contribution < 1.29 is 0 Å². The molecule has 0 fully saturated rings. The Labute approximate surface area is 165 Å². The molecule has 3 N–H and O–H groups in total. The molecular formula is C21H18N4S2. The van der Waals surface area contributed by atoms with Crippen LogP contribution in [-0.4, -0.2) is 9.97 Å². The first-order valence-corrected chi connectivity index (χ1v) is 10.6. The highest BCUT2D eigenvalue weighted by molar-refractivity contribution is 8.00. The van der Waals surface area contributed by atoms with Crippen LogP contribution in [0.15, 0.2) is 67.0 Å². The van der Waals surface area contributed by atoms with Crippen LogP contribution in [-0.2, 0) is 6.42 Å². The van der Waals surface area contributed by atoms with Crippen LogP contribution >= 0.6 is 23.1 Å². The first-order valence-electron chi connectivity index (χ1n) is 8.83. The van der Waals surface area contributed by atoms with Crippen LogP contribution in [0, 0.1) is 0 Å². The summed E-state index contributed by atoms with van der Waals surface area (Å²) in [6.45, 7) is 0. The number of nitrogen functional groups attached to an aromatic ring is 1. The number of nitrogens with two attached hydrogens (primary N) is 1. The van der Waals surface area contributed by atoms with Crippen LogP contribution in [0.5, 0.6) is 0 Å². The van der Waals surface area contributed by atoms with Gasteiger partial charge in [-0.2, -0.15) is 0 Å². The third-order valence-electron chi connectivity index (χ3n) is 4.96. The molecule has 2 aromatic heterocycles. The highest BCUT2D eigenvalue weighted by Gasteiger charge is 2.33. The summed E-state index contributed by atoms with van der Waals surface area (Å²) in [5, 5.41) is 1.74. The van der Waals surface area contributed by atoms with Gasteiger partial charge in [0.1, 0.15) is 11.2 Å². The predicted octanol–water partition coefficient (Wildman–Crippen LogP) is 5.10. The van der Waals surface area contributed by atoms with E-state index in [4.69, 9.17) is 5.84 Å². The zero-order chi connectivity index (χ0) is 18.2. The fraction of sp³-hybridized carbons (Fsp3) is 0.143. The Balaban J connectivity index is 1.71. The Morgan fingerprint density at radius 3 is 2.33 bits per heavy atom. The molecule has 134 valence electrons. The number of fused-ring (bicyclic) bond motifs is 3. The molecule has 4 aromatic rings. The van der Waals surface area contributed by atoms with E-state index in [1.54, 1.807) is 17.7 Å². The van der Waals surface area contributed by atoms with E-state index < -0.39 is 0 Å². The highest BCUT2D eigenvalue weighted by atomic mass is 32.2. The topological polar surface area (TPSA) is 63.8 Å². The maximum absolute atomic E-state index is 5.76. The van der Waals surface area contributed by atoms with E-state index in [-0.39, 0.29) is 5.25 Å². The standard InChI is InChI=1S/C21H18N4S2/c22-25-20-17-15-11-16(13-7-3-1-4-8-13)26-18(14-9-5-2-6-10-14)19(15)27-21(17)24-12-23-20/h1-10,12,16,18H,11,22H2,(H,23,24,25)/t16-,18-/m1/s1. The van der Waals surface area contributed by atoms with Crippen molar-refractivity contribution in [1.29, 1.82) is 0 Å². The molecule has 5 rings (SSSR count). The molecule has 0 saturated heterocycles. The maximum atomic E-state index is 5.76. The lowest BCUT2D eigenvalue weighted by Crippen LogP contribution is -2.13. The third-order valence-corrected chi connectivity index (χ3v) is 7.86. The first kappa shape index (κ1) is 16.7. The molecule has 2 aromatic carbocycles.